The van der Waals surface area contributed by atoms with E-state index in [0.717, 1.165) is 43.7 Å². The van der Waals surface area contributed by atoms with Crippen LogP contribution in [0.15, 0.2) is 36.5 Å². The van der Waals surface area contributed by atoms with E-state index in [1.807, 2.05) is 0 Å². The molecule has 0 amide bonds. The largest absolute Gasteiger partial charge is 0.490 e. The number of hydrogen-bond acceptors (Lipinski definition) is 5. The lowest BCUT2D eigenvalue weighted by Gasteiger charge is -2.46. The van der Waals surface area contributed by atoms with Crippen molar-refractivity contribution >= 4 is 0 Å². The molecule has 0 radical (unpaired) electrons. The standard InChI is InChI=1S/C23H24F6N2O3/c1-2-32-20-10-14(22(24,25)26)6-8-19(20)33-18-11-16-4-3-5-17(12-18)31(16)34-21-9-7-15(13-30-21)23(27,28)29/h6-10,13,16-18H,2-5,11-12H2,1H3/t16-,17-/m1/s1. The zero-order valence-electron chi connectivity index (χ0n) is 18.3. The van der Waals surface area contributed by atoms with Crippen molar-refractivity contribution in [3.63, 3.8) is 0 Å². The first-order chi connectivity index (χ1) is 16.0. The Morgan fingerprint density at radius 1 is 0.912 bits per heavy atom. The topological polar surface area (TPSA) is 43.8 Å². The van der Waals surface area contributed by atoms with Crippen molar-refractivity contribution in [2.75, 3.05) is 6.61 Å². The van der Waals surface area contributed by atoms with Crippen LogP contribution in [0.1, 0.15) is 50.2 Å². The van der Waals surface area contributed by atoms with Crippen LogP contribution in [0.25, 0.3) is 0 Å². The molecule has 1 aromatic heterocycles. The molecule has 0 saturated carbocycles. The Labute approximate surface area is 192 Å². The molecule has 11 heteroatoms. The molecule has 2 fully saturated rings. The highest BCUT2D eigenvalue weighted by Gasteiger charge is 2.42. The van der Waals surface area contributed by atoms with Crippen molar-refractivity contribution in [1.82, 2.24) is 10.0 Å². The summed E-state index contributed by atoms with van der Waals surface area (Å²) in [6, 6.07) is 5.17. The molecule has 1 aromatic carbocycles. The van der Waals surface area contributed by atoms with Gasteiger partial charge >= 0.3 is 12.4 Å². The first kappa shape index (κ1) is 24.4. The zero-order valence-corrected chi connectivity index (χ0v) is 18.3. The van der Waals surface area contributed by atoms with Gasteiger partial charge in [-0.15, -0.1) is 5.06 Å². The Morgan fingerprint density at radius 2 is 1.56 bits per heavy atom. The molecule has 186 valence electrons. The molecule has 2 atom stereocenters. The average Bonchev–Trinajstić information content (AvgIpc) is 2.74. The minimum absolute atomic E-state index is 0.0371. The SMILES string of the molecule is CCOc1cc(C(F)(F)F)ccc1OC1C[C@H]2CCC[C@H](C1)N2Oc1ccc(C(F)(F)F)cn1. The number of benzene rings is 1. The fourth-order valence-electron chi connectivity index (χ4n) is 4.47. The van der Waals surface area contributed by atoms with Crippen LogP contribution in [0.3, 0.4) is 0 Å². The molecule has 0 aliphatic carbocycles. The summed E-state index contributed by atoms with van der Waals surface area (Å²) in [5.41, 5.74) is -1.67. The van der Waals surface area contributed by atoms with Gasteiger partial charge in [0.25, 0.3) is 0 Å². The molecular formula is C23H24F6N2O3. The lowest BCUT2D eigenvalue weighted by Crippen LogP contribution is -2.55. The van der Waals surface area contributed by atoms with E-state index >= 15 is 0 Å². The maximum absolute atomic E-state index is 13.1. The van der Waals surface area contributed by atoms with E-state index in [1.54, 1.807) is 12.0 Å². The summed E-state index contributed by atoms with van der Waals surface area (Å²) < 4.78 is 89.0. The Hall–Kier alpha value is -2.69. The summed E-state index contributed by atoms with van der Waals surface area (Å²) in [6.07, 6.45) is -4.86. The molecule has 4 rings (SSSR count). The van der Waals surface area contributed by atoms with Crippen molar-refractivity contribution < 1.29 is 40.7 Å². The van der Waals surface area contributed by atoms with Gasteiger partial charge in [0.2, 0.25) is 5.88 Å². The molecule has 0 unspecified atom stereocenters. The number of piperidine rings is 2. The van der Waals surface area contributed by atoms with Crippen LogP contribution < -0.4 is 14.3 Å². The number of pyridine rings is 1. The summed E-state index contributed by atoms with van der Waals surface area (Å²) in [4.78, 5) is 9.64. The van der Waals surface area contributed by atoms with E-state index in [2.05, 4.69) is 4.98 Å². The van der Waals surface area contributed by atoms with Gasteiger partial charge in [0.15, 0.2) is 11.5 Å². The van der Waals surface area contributed by atoms with Crippen LogP contribution in [-0.4, -0.2) is 34.8 Å². The molecule has 0 N–H and O–H groups in total. The second-order valence-electron chi connectivity index (χ2n) is 8.38. The van der Waals surface area contributed by atoms with Gasteiger partial charge in [0.05, 0.1) is 17.7 Å². The highest BCUT2D eigenvalue weighted by molar-refractivity contribution is 5.44. The van der Waals surface area contributed by atoms with Gasteiger partial charge in [-0.2, -0.15) is 26.3 Å². The molecule has 3 heterocycles. The number of halogens is 6. The first-order valence-electron chi connectivity index (χ1n) is 11.0. The molecule has 2 saturated heterocycles. The van der Waals surface area contributed by atoms with Gasteiger partial charge in [-0.05, 0) is 44.0 Å². The monoisotopic (exact) mass is 490 g/mol. The van der Waals surface area contributed by atoms with E-state index in [1.165, 1.54) is 12.1 Å². The van der Waals surface area contributed by atoms with Crippen molar-refractivity contribution in [1.29, 1.82) is 0 Å². The van der Waals surface area contributed by atoms with Gasteiger partial charge in [0.1, 0.15) is 6.10 Å². The fraction of sp³-hybridized carbons (Fsp3) is 0.522. The second kappa shape index (κ2) is 9.52. The van der Waals surface area contributed by atoms with Crippen molar-refractivity contribution in [3.8, 4) is 17.4 Å². The number of rotatable bonds is 6. The third-order valence-electron chi connectivity index (χ3n) is 5.99. The number of nitrogens with zero attached hydrogens (tertiary/aromatic N) is 2. The Balaban J connectivity index is 1.45. The van der Waals surface area contributed by atoms with Crippen LogP contribution in [0.4, 0.5) is 26.3 Å². The minimum atomic E-state index is -4.49. The van der Waals surface area contributed by atoms with Crippen molar-refractivity contribution in [2.24, 2.45) is 0 Å². The molecule has 2 aromatic rings. The lowest BCUT2D eigenvalue weighted by atomic mass is 9.84. The van der Waals surface area contributed by atoms with Gasteiger partial charge in [-0.3, -0.25) is 0 Å². The molecule has 5 nitrogen and oxygen atoms in total. The second-order valence-corrected chi connectivity index (χ2v) is 8.38. The lowest BCUT2D eigenvalue weighted by molar-refractivity contribution is -0.185. The number of hydroxylamine groups is 2. The molecular weight excluding hydrogens is 466 g/mol. The number of alkyl halides is 6. The van der Waals surface area contributed by atoms with Gasteiger partial charge < -0.3 is 14.3 Å². The van der Waals surface area contributed by atoms with E-state index in [9.17, 15) is 26.3 Å². The van der Waals surface area contributed by atoms with Crippen LogP contribution in [0, 0.1) is 0 Å². The maximum atomic E-state index is 13.1. The molecule has 2 aliphatic heterocycles. The Bertz CT molecular complexity index is 966. The summed E-state index contributed by atoms with van der Waals surface area (Å²) in [5, 5.41) is 1.77. The number of hydrogen-bond donors (Lipinski definition) is 0. The first-order valence-corrected chi connectivity index (χ1v) is 11.0. The predicted octanol–water partition coefficient (Wildman–Crippen LogP) is 6.28. The summed E-state index contributed by atoms with van der Waals surface area (Å²) in [7, 11) is 0. The number of fused-ring (bicyclic) bond motifs is 2. The maximum Gasteiger partial charge on any atom is 0.417 e. The van der Waals surface area contributed by atoms with E-state index in [0.29, 0.717) is 12.8 Å². The van der Waals surface area contributed by atoms with E-state index < -0.39 is 23.5 Å². The van der Waals surface area contributed by atoms with Gasteiger partial charge in [-0.25, -0.2) is 4.98 Å². The summed E-state index contributed by atoms with van der Waals surface area (Å²) >= 11 is 0. The van der Waals surface area contributed by atoms with Crippen molar-refractivity contribution in [3.05, 3.63) is 47.7 Å². The normalized spacial score (nSPS) is 23.4. The number of ether oxygens (including phenoxy) is 2. The smallest absolute Gasteiger partial charge is 0.417 e. The quantitative estimate of drug-likeness (QED) is 0.446. The van der Waals surface area contributed by atoms with Crippen LogP contribution in [0.5, 0.6) is 17.4 Å². The Morgan fingerprint density at radius 3 is 2.12 bits per heavy atom. The van der Waals surface area contributed by atoms with Crippen LogP contribution in [-0.2, 0) is 12.4 Å². The predicted molar refractivity (Wildman–Crippen MR) is 109 cm³/mol. The van der Waals surface area contributed by atoms with Gasteiger partial charge in [-0.1, -0.05) is 6.42 Å². The summed E-state index contributed by atoms with van der Waals surface area (Å²) in [5.74, 6) is 0.359. The molecule has 0 spiro atoms. The average molecular weight is 490 g/mol. The van der Waals surface area contributed by atoms with Crippen LogP contribution in [0.2, 0.25) is 0 Å². The number of aromatic nitrogens is 1. The summed E-state index contributed by atoms with van der Waals surface area (Å²) in [6.45, 7) is 1.87. The van der Waals surface area contributed by atoms with Crippen LogP contribution >= 0.6 is 0 Å². The molecule has 34 heavy (non-hydrogen) atoms. The van der Waals surface area contributed by atoms with E-state index in [4.69, 9.17) is 14.3 Å². The zero-order chi connectivity index (χ0) is 24.5. The highest BCUT2D eigenvalue weighted by atomic mass is 19.4. The highest BCUT2D eigenvalue weighted by Crippen LogP contribution is 2.40. The third kappa shape index (κ3) is 5.51. The van der Waals surface area contributed by atoms with Gasteiger partial charge in [0, 0.05) is 37.2 Å². The fourth-order valence-corrected chi connectivity index (χ4v) is 4.47. The van der Waals surface area contributed by atoms with E-state index in [-0.39, 0.29) is 42.2 Å². The minimum Gasteiger partial charge on any atom is -0.490 e. The molecule has 2 aliphatic rings. The Kier molecular flexibility index (Phi) is 6.84. The molecule has 2 bridgehead atoms. The van der Waals surface area contributed by atoms with Crippen molar-refractivity contribution in [2.45, 2.75) is 69.6 Å². The third-order valence-corrected chi connectivity index (χ3v) is 5.99.